The lowest BCUT2D eigenvalue weighted by molar-refractivity contribution is 0.350. The molecule has 106 valence electrons. The molecule has 0 saturated carbocycles. The van der Waals surface area contributed by atoms with Crippen LogP contribution in [-0.4, -0.2) is 38.0 Å². The molecule has 0 saturated heterocycles. The molecule has 1 N–H and O–H groups in total. The Labute approximate surface area is 117 Å². The van der Waals surface area contributed by atoms with Gasteiger partial charge in [0.15, 0.2) is 0 Å². The van der Waals surface area contributed by atoms with E-state index in [1.807, 2.05) is 6.07 Å². The second kappa shape index (κ2) is 7.01. The molecule has 0 spiro atoms. The number of benzene rings is 1. The van der Waals surface area contributed by atoms with Crippen molar-refractivity contribution < 1.29 is 17.9 Å². The van der Waals surface area contributed by atoms with Crippen molar-refractivity contribution >= 4 is 10.0 Å². The van der Waals surface area contributed by atoms with E-state index in [1.54, 1.807) is 0 Å². The molecule has 0 radical (unpaired) electrons. The third-order valence-corrected chi connectivity index (χ3v) is 4.36. The van der Waals surface area contributed by atoms with E-state index in [1.165, 1.54) is 13.1 Å². The molecule has 0 aliphatic carbocycles. The first kappa shape index (κ1) is 16.1. The minimum Gasteiger partial charge on any atom is -0.384 e. The highest BCUT2D eigenvalue weighted by atomic mass is 32.2. The zero-order valence-corrected chi connectivity index (χ0v) is 11.6. The molecule has 0 bridgehead atoms. The third kappa shape index (κ3) is 3.78. The SMILES string of the molecule is CN(CCC#N)S(=O)(=O)c1ccc(C#CCO)cc1F. The summed E-state index contributed by atoms with van der Waals surface area (Å²) in [5, 5.41) is 17.0. The highest BCUT2D eigenvalue weighted by Crippen LogP contribution is 2.19. The molecule has 0 amide bonds. The van der Waals surface area contributed by atoms with Crippen LogP contribution in [0.5, 0.6) is 0 Å². The van der Waals surface area contributed by atoms with E-state index in [2.05, 4.69) is 11.8 Å². The van der Waals surface area contributed by atoms with Gasteiger partial charge in [0, 0.05) is 25.6 Å². The van der Waals surface area contributed by atoms with Crippen LogP contribution in [0, 0.1) is 29.0 Å². The molecule has 0 aromatic heterocycles. The summed E-state index contributed by atoms with van der Waals surface area (Å²) in [5.41, 5.74) is 0.273. The van der Waals surface area contributed by atoms with Crippen LogP contribution in [0.15, 0.2) is 23.1 Å². The zero-order chi connectivity index (χ0) is 15.2. The summed E-state index contributed by atoms with van der Waals surface area (Å²) in [6.45, 7) is -0.372. The van der Waals surface area contributed by atoms with Gasteiger partial charge < -0.3 is 5.11 Å². The summed E-state index contributed by atoms with van der Waals surface area (Å²) in [7, 11) is -2.69. The van der Waals surface area contributed by atoms with Gasteiger partial charge in [-0.15, -0.1) is 0 Å². The summed E-state index contributed by atoms with van der Waals surface area (Å²) in [5.74, 6) is 3.91. The van der Waals surface area contributed by atoms with Gasteiger partial charge in [-0.3, -0.25) is 0 Å². The topological polar surface area (TPSA) is 81.4 Å². The summed E-state index contributed by atoms with van der Waals surface area (Å²) in [4.78, 5) is -0.465. The molecule has 1 aromatic carbocycles. The van der Waals surface area contributed by atoms with Crippen molar-refractivity contribution in [2.45, 2.75) is 11.3 Å². The van der Waals surface area contributed by atoms with Crippen LogP contribution in [0.4, 0.5) is 4.39 Å². The fourth-order valence-corrected chi connectivity index (χ4v) is 2.64. The Hall–Kier alpha value is -1.93. The van der Waals surface area contributed by atoms with E-state index in [4.69, 9.17) is 10.4 Å². The summed E-state index contributed by atoms with van der Waals surface area (Å²) in [6, 6.07) is 5.30. The standard InChI is InChI=1S/C13H13FN2O3S/c1-16(8-3-7-15)20(18,19)13-6-5-11(4-2-9-17)10-12(13)14/h5-6,10,17H,3,8-9H2,1H3. The van der Waals surface area contributed by atoms with Crippen LogP contribution < -0.4 is 0 Å². The average molecular weight is 296 g/mol. The smallest absolute Gasteiger partial charge is 0.245 e. The van der Waals surface area contributed by atoms with Gasteiger partial charge in [0.25, 0.3) is 0 Å². The number of hydrogen-bond donors (Lipinski definition) is 1. The van der Waals surface area contributed by atoms with Crippen molar-refractivity contribution in [1.29, 1.82) is 5.26 Å². The Morgan fingerprint density at radius 1 is 1.45 bits per heavy atom. The molecular formula is C13H13FN2O3S. The van der Waals surface area contributed by atoms with Crippen LogP contribution >= 0.6 is 0 Å². The molecule has 0 heterocycles. The number of rotatable bonds is 4. The number of nitrogens with zero attached hydrogens (tertiary/aromatic N) is 2. The van der Waals surface area contributed by atoms with Crippen molar-refractivity contribution in [1.82, 2.24) is 4.31 Å². The fourth-order valence-electron chi connectivity index (χ4n) is 1.42. The van der Waals surface area contributed by atoms with Crippen molar-refractivity contribution in [3.05, 3.63) is 29.6 Å². The minimum absolute atomic E-state index is 0.00958. The fraction of sp³-hybridized carbons (Fsp3) is 0.308. The molecule has 20 heavy (non-hydrogen) atoms. The lowest BCUT2D eigenvalue weighted by Crippen LogP contribution is -2.28. The first-order valence-electron chi connectivity index (χ1n) is 5.66. The van der Waals surface area contributed by atoms with Crippen molar-refractivity contribution in [2.75, 3.05) is 20.2 Å². The summed E-state index contributed by atoms with van der Waals surface area (Å²) < 4.78 is 38.9. The molecule has 0 atom stereocenters. The monoisotopic (exact) mass is 296 g/mol. The molecule has 0 aliphatic rings. The number of nitriles is 1. The molecule has 5 nitrogen and oxygen atoms in total. The van der Waals surface area contributed by atoms with E-state index in [9.17, 15) is 12.8 Å². The predicted molar refractivity (Wildman–Crippen MR) is 70.4 cm³/mol. The normalized spacial score (nSPS) is 10.8. The number of aliphatic hydroxyl groups is 1. The van der Waals surface area contributed by atoms with Gasteiger partial charge >= 0.3 is 0 Å². The Morgan fingerprint density at radius 3 is 2.70 bits per heavy atom. The maximum atomic E-state index is 13.9. The van der Waals surface area contributed by atoms with Crippen molar-refractivity contribution in [2.24, 2.45) is 0 Å². The molecule has 1 aromatic rings. The van der Waals surface area contributed by atoms with Crippen molar-refractivity contribution in [3.63, 3.8) is 0 Å². The molecular weight excluding hydrogens is 283 g/mol. The van der Waals surface area contributed by atoms with Gasteiger partial charge in [0.1, 0.15) is 17.3 Å². The van der Waals surface area contributed by atoms with Gasteiger partial charge in [0.2, 0.25) is 10.0 Å². The molecule has 0 unspecified atom stereocenters. The lowest BCUT2D eigenvalue weighted by atomic mass is 10.2. The average Bonchev–Trinajstić information content (AvgIpc) is 2.42. The lowest BCUT2D eigenvalue weighted by Gasteiger charge is -2.16. The predicted octanol–water partition coefficient (Wildman–Crippen LogP) is 0.704. The van der Waals surface area contributed by atoms with Crippen molar-refractivity contribution in [3.8, 4) is 17.9 Å². The van der Waals surface area contributed by atoms with E-state index in [0.29, 0.717) is 0 Å². The Bertz CT molecular complexity index is 684. The maximum absolute atomic E-state index is 13.9. The van der Waals surface area contributed by atoms with Gasteiger partial charge in [-0.2, -0.15) is 9.57 Å². The quantitative estimate of drug-likeness (QED) is 0.829. The van der Waals surface area contributed by atoms with Gasteiger partial charge in [-0.25, -0.2) is 12.8 Å². The summed E-state index contributed by atoms with van der Waals surface area (Å²) in [6.07, 6.45) is 0.0252. The van der Waals surface area contributed by atoms with E-state index < -0.39 is 20.7 Å². The van der Waals surface area contributed by atoms with Crippen LogP contribution in [0.3, 0.4) is 0 Å². The number of sulfonamides is 1. The maximum Gasteiger partial charge on any atom is 0.245 e. The second-order valence-electron chi connectivity index (χ2n) is 3.84. The van der Waals surface area contributed by atoms with Gasteiger partial charge in [0.05, 0.1) is 6.07 Å². The largest absolute Gasteiger partial charge is 0.384 e. The van der Waals surface area contributed by atoms with Crippen LogP contribution in [0.2, 0.25) is 0 Å². The first-order chi connectivity index (χ1) is 9.43. The highest BCUT2D eigenvalue weighted by molar-refractivity contribution is 7.89. The summed E-state index contributed by atoms with van der Waals surface area (Å²) >= 11 is 0. The molecule has 7 heteroatoms. The third-order valence-electron chi connectivity index (χ3n) is 2.47. The minimum atomic E-state index is -3.97. The van der Waals surface area contributed by atoms with E-state index >= 15 is 0 Å². The molecule has 0 fully saturated rings. The van der Waals surface area contributed by atoms with E-state index in [0.717, 1.165) is 16.4 Å². The Balaban J connectivity index is 3.11. The van der Waals surface area contributed by atoms with Gasteiger partial charge in [-0.1, -0.05) is 11.8 Å². The van der Waals surface area contributed by atoms with Crippen LogP contribution in [0.25, 0.3) is 0 Å². The number of halogens is 1. The van der Waals surface area contributed by atoms with Crippen LogP contribution in [-0.2, 0) is 10.0 Å². The Morgan fingerprint density at radius 2 is 2.15 bits per heavy atom. The molecule has 1 rings (SSSR count). The first-order valence-corrected chi connectivity index (χ1v) is 7.10. The number of aliphatic hydroxyl groups excluding tert-OH is 1. The van der Waals surface area contributed by atoms with E-state index in [-0.39, 0.29) is 25.1 Å². The Kier molecular flexibility index (Phi) is 5.66. The number of hydrogen-bond acceptors (Lipinski definition) is 4. The highest BCUT2D eigenvalue weighted by Gasteiger charge is 2.24. The van der Waals surface area contributed by atoms with Gasteiger partial charge in [-0.05, 0) is 18.2 Å². The zero-order valence-electron chi connectivity index (χ0n) is 10.8. The second-order valence-corrected chi connectivity index (χ2v) is 5.85. The van der Waals surface area contributed by atoms with Crippen LogP contribution in [0.1, 0.15) is 12.0 Å². The molecule has 0 aliphatic heterocycles.